The van der Waals surface area contributed by atoms with E-state index in [1.165, 1.54) is 12.1 Å². The van der Waals surface area contributed by atoms with Crippen LogP contribution < -0.4 is 0 Å². The smallest absolute Gasteiger partial charge is 0.137 e. The average molecular weight is 254 g/mol. The number of hydrogen-bond donors (Lipinski definition) is 0. The fourth-order valence-corrected chi connectivity index (χ4v) is 1.66. The summed E-state index contributed by atoms with van der Waals surface area (Å²) in [7, 11) is 0. The first kappa shape index (κ1) is 14.8. The van der Waals surface area contributed by atoms with Gasteiger partial charge in [0.2, 0.25) is 0 Å². The molecule has 0 bridgehead atoms. The van der Waals surface area contributed by atoms with Gasteiger partial charge in [0, 0.05) is 18.9 Å². The molecule has 18 heavy (non-hydrogen) atoms. The van der Waals surface area contributed by atoms with Gasteiger partial charge in [-0.15, -0.1) is 0 Å². The standard InChI is InChI=1S/C15H20F2O/c1-10(15(2,3)4)5-14(18)8-11-6-12(16)9-13(17)7-11/h6-7,9-10H,5,8H2,1-4H3. The van der Waals surface area contributed by atoms with Crippen LogP contribution in [0.3, 0.4) is 0 Å². The van der Waals surface area contributed by atoms with Crippen LogP contribution in [0, 0.1) is 23.0 Å². The molecule has 1 rings (SSSR count). The number of Topliss-reactive ketones (excluding diaryl/α,β-unsaturated/α-hetero) is 1. The maximum absolute atomic E-state index is 13.0. The Kier molecular flexibility index (Phi) is 4.60. The number of rotatable bonds is 4. The number of carbonyl (C=O) groups excluding carboxylic acids is 1. The monoisotopic (exact) mass is 254 g/mol. The van der Waals surface area contributed by atoms with Crippen LogP contribution in [0.1, 0.15) is 39.7 Å². The van der Waals surface area contributed by atoms with Gasteiger partial charge in [-0.1, -0.05) is 27.7 Å². The molecule has 1 aromatic carbocycles. The third-order valence-electron chi connectivity index (χ3n) is 3.34. The van der Waals surface area contributed by atoms with Crippen LogP contribution in [0.4, 0.5) is 8.78 Å². The van der Waals surface area contributed by atoms with Crippen LogP contribution in [0.25, 0.3) is 0 Å². The Balaban J connectivity index is 2.65. The van der Waals surface area contributed by atoms with Crippen LogP contribution in [0.15, 0.2) is 18.2 Å². The summed E-state index contributed by atoms with van der Waals surface area (Å²) in [5.41, 5.74) is 0.460. The molecular formula is C15H20F2O. The van der Waals surface area contributed by atoms with E-state index >= 15 is 0 Å². The molecule has 0 spiro atoms. The predicted molar refractivity (Wildman–Crippen MR) is 68.3 cm³/mol. The van der Waals surface area contributed by atoms with E-state index in [1.807, 2.05) is 6.92 Å². The summed E-state index contributed by atoms with van der Waals surface area (Å²) >= 11 is 0. The molecule has 0 radical (unpaired) electrons. The van der Waals surface area contributed by atoms with Gasteiger partial charge in [-0.05, 0) is 29.0 Å². The molecule has 3 heteroatoms. The zero-order valence-corrected chi connectivity index (χ0v) is 11.4. The van der Waals surface area contributed by atoms with E-state index in [-0.39, 0.29) is 23.5 Å². The van der Waals surface area contributed by atoms with E-state index in [2.05, 4.69) is 20.8 Å². The predicted octanol–water partition coefficient (Wildman–Crippen LogP) is 4.15. The van der Waals surface area contributed by atoms with Crippen LogP contribution in [-0.2, 0) is 11.2 Å². The fourth-order valence-electron chi connectivity index (χ4n) is 1.66. The molecule has 0 aliphatic heterocycles. The molecule has 0 aliphatic carbocycles. The summed E-state index contributed by atoms with van der Waals surface area (Å²) in [6, 6.07) is 3.23. The van der Waals surface area contributed by atoms with Crippen molar-refractivity contribution in [3.8, 4) is 0 Å². The summed E-state index contributed by atoms with van der Waals surface area (Å²) in [4.78, 5) is 11.8. The van der Waals surface area contributed by atoms with Crippen molar-refractivity contribution in [3.05, 3.63) is 35.4 Å². The van der Waals surface area contributed by atoms with E-state index in [9.17, 15) is 13.6 Å². The van der Waals surface area contributed by atoms with Crippen molar-refractivity contribution in [2.45, 2.75) is 40.5 Å². The van der Waals surface area contributed by atoms with Crippen molar-refractivity contribution in [3.63, 3.8) is 0 Å². The Morgan fingerprint density at radius 2 is 1.67 bits per heavy atom. The highest BCUT2D eigenvalue weighted by Crippen LogP contribution is 2.28. The summed E-state index contributed by atoms with van der Waals surface area (Å²) in [5, 5.41) is 0. The minimum Gasteiger partial charge on any atom is -0.299 e. The Bertz CT molecular complexity index is 412. The molecule has 0 fully saturated rings. The zero-order chi connectivity index (χ0) is 13.9. The molecule has 1 unspecified atom stereocenters. The van der Waals surface area contributed by atoms with Gasteiger partial charge in [-0.2, -0.15) is 0 Å². The molecule has 1 aromatic rings. The lowest BCUT2D eigenvalue weighted by molar-refractivity contribution is -0.120. The lowest BCUT2D eigenvalue weighted by Crippen LogP contribution is -2.21. The van der Waals surface area contributed by atoms with Gasteiger partial charge in [0.05, 0.1) is 0 Å². The lowest BCUT2D eigenvalue weighted by atomic mass is 9.79. The Morgan fingerprint density at radius 1 is 1.17 bits per heavy atom. The van der Waals surface area contributed by atoms with Crippen molar-refractivity contribution < 1.29 is 13.6 Å². The summed E-state index contributed by atoms with van der Waals surface area (Å²) in [6.45, 7) is 8.25. The normalized spacial score (nSPS) is 13.4. The average Bonchev–Trinajstić information content (AvgIpc) is 2.13. The fraction of sp³-hybridized carbons (Fsp3) is 0.533. The van der Waals surface area contributed by atoms with E-state index < -0.39 is 11.6 Å². The maximum Gasteiger partial charge on any atom is 0.137 e. The van der Waals surface area contributed by atoms with Gasteiger partial charge >= 0.3 is 0 Å². The van der Waals surface area contributed by atoms with E-state index in [0.29, 0.717) is 12.0 Å². The highest BCUT2D eigenvalue weighted by Gasteiger charge is 2.22. The number of carbonyl (C=O) groups is 1. The second-order valence-corrected chi connectivity index (χ2v) is 5.96. The molecule has 1 nitrogen and oxygen atoms in total. The Labute approximate surface area is 107 Å². The second-order valence-electron chi connectivity index (χ2n) is 5.96. The van der Waals surface area contributed by atoms with Gasteiger partial charge in [-0.25, -0.2) is 8.78 Å². The zero-order valence-electron chi connectivity index (χ0n) is 11.4. The number of hydrogen-bond acceptors (Lipinski definition) is 1. The topological polar surface area (TPSA) is 17.1 Å². The first-order valence-corrected chi connectivity index (χ1v) is 6.15. The highest BCUT2D eigenvalue weighted by atomic mass is 19.1. The van der Waals surface area contributed by atoms with Crippen molar-refractivity contribution in [1.82, 2.24) is 0 Å². The molecule has 0 aromatic heterocycles. The molecule has 0 saturated carbocycles. The first-order valence-electron chi connectivity index (χ1n) is 6.15. The van der Waals surface area contributed by atoms with Crippen molar-refractivity contribution in [2.24, 2.45) is 11.3 Å². The van der Waals surface area contributed by atoms with Gasteiger partial charge in [-0.3, -0.25) is 4.79 Å². The third-order valence-corrected chi connectivity index (χ3v) is 3.34. The number of benzene rings is 1. The van der Waals surface area contributed by atoms with E-state index in [0.717, 1.165) is 6.07 Å². The van der Waals surface area contributed by atoms with E-state index in [1.54, 1.807) is 0 Å². The Hall–Kier alpha value is -1.25. The molecule has 0 heterocycles. The first-order chi connectivity index (χ1) is 8.18. The van der Waals surface area contributed by atoms with Gasteiger partial charge in [0.15, 0.2) is 0 Å². The summed E-state index contributed by atoms with van der Waals surface area (Å²) < 4.78 is 26.0. The van der Waals surface area contributed by atoms with Crippen LogP contribution in [-0.4, -0.2) is 5.78 Å². The number of ketones is 1. The Morgan fingerprint density at radius 3 is 2.11 bits per heavy atom. The molecule has 1 atom stereocenters. The van der Waals surface area contributed by atoms with Crippen LogP contribution in [0.5, 0.6) is 0 Å². The van der Waals surface area contributed by atoms with Crippen LogP contribution in [0.2, 0.25) is 0 Å². The van der Waals surface area contributed by atoms with Gasteiger partial charge in [0.25, 0.3) is 0 Å². The van der Waals surface area contributed by atoms with Gasteiger partial charge < -0.3 is 0 Å². The van der Waals surface area contributed by atoms with Gasteiger partial charge in [0.1, 0.15) is 17.4 Å². The second kappa shape index (κ2) is 5.59. The minimum atomic E-state index is -0.637. The van der Waals surface area contributed by atoms with E-state index in [4.69, 9.17) is 0 Å². The van der Waals surface area contributed by atoms with Crippen molar-refractivity contribution in [2.75, 3.05) is 0 Å². The SMILES string of the molecule is CC(CC(=O)Cc1cc(F)cc(F)c1)C(C)(C)C. The number of halogens is 2. The minimum absolute atomic E-state index is 0.0161. The van der Waals surface area contributed by atoms with Crippen molar-refractivity contribution in [1.29, 1.82) is 0 Å². The van der Waals surface area contributed by atoms with Crippen LogP contribution >= 0.6 is 0 Å². The third kappa shape index (κ3) is 4.55. The largest absolute Gasteiger partial charge is 0.299 e. The maximum atomic E-state index is 13.0. The highest BCUT2D eigenvalue weighted by molar-refractivity contribution is 5.81. The molecule has 0 aliphatic rings. The lowest BCUT2D eigenvalue weighted by Gasteiger charge is -2.26. The molecular weight excluding hydrogens is 234 g/mol. The summed E-state index contributed by atoms with van der Waals surface area (Å²) in [5.74, 6) is -1.02. The molecule has 0 amide bonds. The molecule has 100 valence electrons. The molecule has 0 N–H and O–H groups in total. The van der Waals surface area contributed by atoms with Crippen molar-refractivity contribution >= 4 is 5.78 Å². The molecule has 0 saturated heterocycles. The quantitative estimate of drug-likeness (QED) is 0.789. The summed E-state index contributed by atoms with van der Waals surface area (Å²) in [6.07, 6.45) is 0.525.